The van der Waals surface area contributed by atoms with Crippen LogP contribution in [0.5, 0.6) is 0 Å². The maximum absolute atomic E-state index is 12.1. The standard InChI is InChI=1S/C17H11Cl2N5OS2/c18-10-3-1-9(2-4-10)15-23-24-17(27-15)22-14(25)8-20-16-21-12-6-5-11(19)7-13(12)26-16/h1-7H,8H2,(H,20,21)(H,22,24,25). The summed E-state index contributed by atoms with van der Waals surface area (Å²) in [4.78, 5) is 16.6. The molecule has 0 aliphatic heterocycles. The molecule has 4 aromatic rings. The fourth-order valence-corrected chi connectivity index (χ4v) is 4.31. The van der Waals surface area contributed by atoms with Gasteiger partial charge in [-0.05, 0) is 30.3 Å². The minimum absolute atomic E-state index is 0.0728. The van der Waals surface area contributed by atoms with Crippen LogP contribution in [0.1, 0.15) is 0 Å². The second-order valence-corrected chi connectivity index (χ2v) is 8.33. The third-order valence-electron chi connectivity index (χ3n) is 3.51. The highest BCUT2D eigenvalue weighted by atomic mass is 35.5. The quantitative estimate of drug-likeness (QED) is 0.451. The predicted molar refractivity (Wildman–Crippen MR) is 112 cm³/mol. The Labute approximate surface area is 172 Å². The molecule has 0 radical (unpaired) electrons. The Kier molecular flexibility index (Phi) is 5.22. The molecule has 0 aliphatic carbocycles. The lowest BCUT2D eigenvalue weighted by atomic mass is 10.2. The minimum Gasteiger partial charge on any atom is -0.352 e. The molecule has 27 heavy (non-hydrogen) atoms. The molecular weight excluding hydrogens is 425 g/mol. The summed E-state index contributed by atoms with van der Waals surface area (Å²) >= 11 is 14.6. The third-order valence-corrected chi connectivity index (χ3v) is 5.86. The average molecular weight is 436 g/mol. The Bertz CT molecular complexity index is 1110. The second-order valence-electron chi connectivity index (χ2n) is 5.45. The van der Waals surface area contributed by atoms with Gasteiger partial charge in [0.2, 0.25) is 11.0 Å². The lowest BCUT2D eigenvalue weighted by Gasteiger charge is -2.01. The summed E-state index contributed by atoms with van der Waals surface area (Å²) in [6.45, 7) is 0.0728. The molecule has 2 N–H and O–H groups in total. The first-order chi connectivity index (χ1) is 13.1. The molecular formula is C17H11Cl2N5OS2. The van der Waals surface area contributed by atoms with Gasteiger partial charge in [-0.15, -0.1) is 10.2 Å². The van der Waals surface area contributed by atoms with Gasteiger partial charge in [-0.25, -0.2) is 4.98 Å². The van der Waals surface area contributed by atoms with E-state index >= 15 is 0 Å². The highest BCUT2D eigenvalue weighted by molar-refractivity contribution is 7.22. The number of nitrogens with one attached hydrogen (secondary N) is 2. The van der Waals surface area contributed by atoms with Crippen molar-refractivity contribution in [1.29, 1.82) is 0 Å². The zero-order valence-electron chi connectivity index (χ0n) is 13.6. The van der Waals surface area contributed by atoms with Gasteiger partial charge in [-0.2, -0.15) is 0 Å². The van der Waals surface area contributed by atoms with E-state index in [0.29, 0.717) is 25.3 Å². The smallest absolute Gasteiger partial charge is 0.245 e. The van der Waals surface area contributed by atoms with Crippen LogP contribution in [0.25, 0.3) is 20.8 Å². The van der Waals surface area contributed by atoms with E-state index in [1.54, 1.807) is 18.2 Å². The Morgan fingerprint density at radius 1 is 0.963 bits per heavy atom. The van der Waals surface area contributed by atoms with Gasteiger partial charge < -0.3 is 5.32 Å². The molecule has 2 heterocycles. The molecule has 136 valence electrons. The molecule has 2 aromatic carbocycles. The second kappa shape index (κ2) is 7.77. The molecule has 0 bridgehead atoms. The Hall–Kier alpha value is -2.26. The monoisotopic (exact) mass is 435 g/mol. The minimum atomic E-state index is -0.230. The number of benzene rings is 2. The van der Waals surface area contributed by atoms with Gasteiger partial charge in [0.15, 0.2) is 5.13 Å². The number of hydrogen-bond donors (Lipinski definition) is 2. The summed E-state index contributed by atoms with van der Waals surface area (Å²) in [6, 6.07) is 12.8. The van der Waals surface area contributed by atoms with Gasteiger partial charge in [0.25, 0.3) is 0 Å². The lowest BCUT2D eigenvalue weighted by molar-refractivity contribution is -0.114. The molecule has 0 atom stereocenters. The van der Waals surface area contributed by atoms with Gasteiger partial charge >= 0.3 is 0 Å². The number of thiazole rings is 1. The van der Waals surface area contributed by atoms with Crippen molar-refractivity contribution in [2.24, 2.45) is 0 Å². The summed E-state index contributed by atoms with van der Waals surface area (Å²) in [6.07, 6.45) is 0. The van der Waals surface area contributed by atoms with E-state index in [0.717, 1.165) is 15.8 Å². The normalized spacial score (nSPS) is 10.9. The molecule has 6 nitrogen and oxygen atoms in total. The van der Waals surface area contributed by atoms with Gasteiger partial charge in [-0.1, -0.05) is 58.0 Å². The van der Waals surface area contributed by atoms with E-state index in [-0.39, 0.29) is 12.5 Å². The topological polar surface area (TPSA) is 79.8 Å². The van der Waals surface area contributed by atoms with Crippen molar-refractivity contribution in [2.45, 2.75) is 0 Å². The molecule has 2 aromatic heterocycles. The average Bonchev–Trinajstić information content (AvgIpc) is 3.27. The van der Waals surface area contributed by atoms with Crippen molar-refractivity contribution in [3.05, 3.63) is 52.5 Å². The number of hydrogen-bond acceptors (Lipinski definition) is 7. The van der Waals surface area contributed by atoms with Crippen LogP contribution in [0.3, 0.4) is 0 Å². The zero-order valence-corrected chi connectivity index (χ0v) is 16.7. The predicted octanol–water partition coefficient (Wildman–Crippen LogP) is 5.17. The maximum atomic E-state index is 12.1. The van der Waals surface area contributed by atoms with E-state index < -0.39 is 0 Å². The molecule has 10 heteroatoms. The molecule has 4 rings (SSSR count). The third kappa shape index (κ3) is 4.36. The van der Waals surface area contributed by atoms with Crippen molar-refractivity contribution >= 4 is 72.3 Å². The summed E-state index contributed by atoms with van der Waals surface area (Å²) in [5.74, 6) is -0.230. The SMILES string of the molecule is O=C(CNc1nc2ccc(Cl)cc2s1)Nc1nnc(-c2ccc(Cl)cc2)s1. The van der Waals surface area contributed by atoms with Crippen LogP contribution in [0.2, 0.25) is 10.0 Å². The summed E-state index contributed by atoms with van der Waals surface area (Å²) in [5.41, 5.74) is 1.73. The number of halogens is 2. The zero-order chi connectivity index (χ0) is 18.8. The number of rotatable bonds is 5. The van der Waals surface area contributed by atoms with Crippen molar-refractivity contribution in [2.75, 3.05) is 17.2 Å². The van der Waals surface area contributed by atoms with Crippen LogP contribution >= 0.6 is 45.9 Å². The molecule has 0 spiro atoms. The summed E-state index contributed by atoms with van der Waals surface area (Å²) in [7, 11) is 0. The fraction of sp³-hybridized carbons (Fsp3) is 0.0588. The first kappa shape index (κ1) is 18.1. The van der Waals surface area contributed by atoms with E-state index in [4.69, 9.17) is 23.2 Å². The van der Waals surface area contributed by atoms with E-state index in [9.17, 15) is 4.79 Å². The highest BCUT2D eigenvalue weighted by Gasteiger charge is 2.11. The van der Waals surface area contributed by atoms with Crippen LogP contribution in [0.4, 0.5) is 10.3 Å². The van der Waals surface area contributed by atoms with Crippen LogP contribution in [0, 0.1) is 0 Å². The Balaban J connectivity index is 1.37. The Morgan fingerprint density at radius 2 is 1.74 bits per heavy atom. The maximum Gasteiger partial charge on any atom is 0.245 e. The molecule has 1 amide bonds. The number of amides is 1. The largest absolute Gasteiger partial charge is 0.352 e. The fourth-order valence-electron chi connectivity index (χ4n) is 2.28. The van der Waals surface area contributed by atoms with Gasteiger partial charge in [0.05, 0.1) is 16.8 Å². The summed E-state index contributed by atoms with van der Waals surface area (Å²) in [5, 5.41) is 16.9. The van der Waals surface area contributed by atoms with Crippen LogP contribution in [-0.4, -0.2) is 27.6 Å². The van der Waals surface area contributed by atoms with Gasteiger partial charge in [-0.3, -0.25) is 10.1 Å². The van der Waals surface area contributed by atoms with Crippen molar-refractivity contribution < 1.29 is 4.79 Å². The Morgan fingerprint density at radius 3 is 2.56 bits per heavy atom. The summed E-state index contributed by atoms with van der Waals surface area (Å²) < 4.78 is 0.960. The first-order valence-corrected chi connectivity index (χ1v) is 10.1. The number of nitrogens with zero attached hydrogens (tertiary/aromatic N) is 3. The number of anilines is 2. The van der Waals surface area contributed by atoms with Gasteiger partial charge in [0, 0.05) is 15.6 Å². The first-order valence-electron chi connectivity index (χ1n) is 7.76. The number of carbonyl (C=O) groups is 1. The number of aromatic nitrogens is 3. The van der Waals surface area contributed by atoms with Crippen molar-refractivity contribution in [3.63, 3.8) is 0 Å². The molecule has 0 aliphatic rings. The van der Waals surface area contributed by atoms with Crippen LogP contribution in [0.15, 0.2) is 42.5 Å². The molecule has 0 unspecified atom stereocenters. The van der Waals surface area contributed by atoms with E-state index in [1.165, 1.54) is 22.7 Å². The van der Waals surface area contributed by atoms with Crippen LogP contribution in [-0.2, 0) is 4.79 Å². The lowest BCUT2D eigenvalue weighted by Crippen LogP contribution is -2.21. The molecule has 0 saturated heterocycles. The highest BCUT2D eigenvalue weighted by Crippen LogP contribution is 2.29. The van der Waals surface area contributed by atoms with Crippen LogP contribution < -0.4 is 10.6 Å². The van der Waals surface area contributed by atoms with E-state index in [2.05, 4.69) is 25.8 Å². The molecule has 0 saturated carbocycles. The number of fused-ring (bicyclic) bond motifs is 1. The number of carbonyl (C=O) groups excluding carboxylic acids is 1. The van der Waals surface area contributed by atoms with Gasteiger partial charge in [0.1, 0.15) is 5.01 Å². The van der Waals surface area contributed by atoms with Crippen molar-refractivity contribution in [3.8, 4) is 10.6 Å². The van der Waals surface area contributed by atoms with Crippen molar-refractivity contribution in [1.82, 2.24) is 15.2 Å². The van der Waals surface area contributed by atoms with E-state index in [1.807, 2.05) is 24.3 Å². The molecule has 0 fully saturated rings.